The highest BCUT2D eigenvalue weighted by atomic mass is 16.6. The second kappa shape index (κ2) is 8.09. The number of ether oxygens (including phenoxy) is 4. The molecule has 1 aromatic rings. The summed E-state index contributed by atoms with van der Waals surface area (Å²) in [6, 6.07) is 3.11. The minimum atomic E-state index is -0.615. The van der Waals surface area contributed by atoms with Gasteiger partial charge < -0.3 is 23.8 Å². The van der Waals surface area contributed by atoms with Crippen LogP contribution in [-0.4, -0.2) is 55.8 Å². The molecule has 1 heterocycles. The Morgan fingerprint density at radius 1 is 1.12 bits per heavy atom. The van der Waals surface area contributed by atoms with Crippen molar-refractivity contribution in [3.05, 3.63) is 17.7 Å². The van der Waals surface area contributed by atoms with E-state index in [0.717, 1.165) is 0 Å². The van der Waals surface area contributed by atoms with Crippen molar-refractivity contribution in [2.24, 2.45) is 0 Å². The lowest BCUT2D eigenvalue weighted by atomic mass is 10.1. The number of hydrogen-bond donors (Lipinski definition) is 0. The van der Waals surface area contributed by atoms with Gasteiger partial charge in [-0.3, -0.25) is 4.79 Å². The Morgan fingerprint density at radius 3 is 2.36 bits per heavy atom. The van der Waals surface area contributed by atoms with E-state index in [1.54, 1.807) is 4.90 Å². The fraction of sp³-hybridized carbons (Fsp3) is 0.556. The monoisotopic (exact) mass is 351 g/mol. The highest BCUT2D eigenvalue weighted by Crippen LogP contribution is 2.40. The lowest BCUT2D eigenvalue weighted by Gasteiger charge is -2.30. The van der Waals surface area contributed by atoms with E-state index >= 15 is 0 Å². The maximum atomic E-state index is 12.3. The molecule has 138 valence electrons. The number of esters is 1. The lowest BCUT2D eigenvalue weighted by molar-refractivity contribution is -0.138. The quantitative estimate of drug-likeness (QED) is 0.732. The van der Waals surface area contributed by atoms with Crippen LogP contribution < -0.4 is 14.2 Å². The van der Waals surface area contributed by atoms with Crippen LogP contribution in [0.4, 0.5) is 0 Å². The average molecular weight is 351 g/mol. The molecule has 25 heavy (non-hydrogen) atoms. The zero-order valence-electron chi connectivity index (χ0n) is 15.3. The Balaban J connectivity index is 2.09. The maximum Gasteiger partial charge on any atom is 0.338 e. The van der Waals surface area contributed by atoms with Crippen molar-refractivity contribution in [1.29, 1.82) is 0 Å². The third-order valence-electron chi connectivity index (χ3n) is 3.79. The molecule has 1 aromatic carbocycles. The number of benzene rings is 1. The van der Waals surface area contributed by atoms with Gasteiger partial charge in [0.05, 0.1) is 12.7 Å². The van der Waals surface area contributed by atoms with E-state index in [1.807, 2.05) is 27.7 Å². The first-order valence-electron chi connectivity index (χ1n) is 8.31. The normalized spacial score (nSPS) is 12.9. The van der Waals surface area contributed by atoms with Crippen LogP contribution in [0.15, 0.2) is 12.1 Å². The number of hydrogen-bond acceptors (Lipinski definition) is 6. The first-order chi connectivity index (χ1) is 11.8. The third-order valence-corrected chi connectivity index (χ3v) is 3.79. The van der Waals surface area contributed by atoms with Gasteiger partial charge in [0.2, 0.25) is 5.75 Å². The predicted molar refractivity (Wildman–Crippen MR) is 91.4 cm³/mol. The van der Waals surface area contributed by atoms with Crippen LogP contribution >= 0.6 is 0 Å². The second-order valence-electron chi connectivity index (χ2n) is 6.27. The number of rotatable bonds is 6. The van der Waals surface area contributed by atoms with Crippen molar-refractivity contribution in [2.75, 3.05) is 26.9 Å². The van der Waals surface area contributed by atoms with Crippen LogP contribution in [-0.2, 0) is 9.53 Å². The summed E-state index contributed by atoms with van der Waals surface area (Å²) < 4.78 is 21.4. The summed E-state index contributed by atoms with van der Waals surface area (Å²) in [5, 5.41) is 0. The van der Waals surface area contributed by atoms with Crippen molar-refractivity contribution in [1.82, 2.24) is 4.90 Å². The Hall–Kier alpha value is -2.44. The van der Waals surface area contributed by atoms with E-state index in [2.05, 4.69) is 0 Å². The molecule has 0 N–H and O–H groups in total. The van der Waals surface area contributed by atoms with E-state index in [1.165, 1.54) is 19.2 Å². The average Bonchev–Trinajstić information content (AvgIpc) is 2.57. The number of methoxy groups -OCH3 is 1. The molecule has 1 aliphatic rings. The molecular weight excluding hydrogens is 326 g/mol. The molecule has 0 aliphatic carbocycles. The molecule has 0 atom stereocenters. The van der Waals surface area contributed by atoms with Crippen LogP contribution in [0, 0.1) is 0 Å². The molecule has 0 aromatic heterocycles. The molecule has 0 bridgehead atoms. The van der Waals surface area contributed by atoms with Crippen molar-refractivity contribution in [3.63, 3.8) is 0 Å². The molecule has 7 heteroatoms. The zero-order valence-corrected chi connectivity index (χ0v) is 15.3. The van der Waals surface area contributed by atoms with E-state index in [4.69, 9.17) is 18.9 Å². The predicted octanol–water partition coefficient (Wildman–Crippen LogP) is 2.27. The topological polar surface area (TPSA) is 74.3 Å². The first kappa shape index (κ1) is 18.9. The summed E-state index contributed by atoms with van der Waals surface area (Å²) >= 11 is 0. The van der Waals surface area contributed by atoms with Gasteiger partial charge in [-0.1, -0.05) is 0 Å². The van der Waals surface area contributed by atoms with Gasteiger partial charge in [-0.15, -0.1) is 0 Å². The van der Waals surface area contributed by atoms with E-state index in [0.29, 0.717) is 30.5 Å². The minimum Gasteiger partial charge on any atom is -0.493 e. The van der Waals surface area contributed by atoms with E-state index in [-0.39, 0.29) is 30.2 Å². The molecule has 2 rings (SSSR count). The Kier molecular flexibility index (Phi) is 6.12. The van der Waals surface area contributed by atoms with Crippen LogP contribution in [0.5, 0.6) is 17.2 Å². The maximum absolute atomic E-state index is 12.3. The standard InChI is InChI=1S/C18H25NO6/c1-11(2)19(12(3)4)16(20)10-25-18(21)13-8-14(22-5)17-15(9-13)23-6-7-24-17/h8-9,11-12H,6-7,10H2,1-5H3. The second-order valence-corrected chi connectivity index (χ2v) is 6.27. The Morgan fingerprint density at radius 2 is 1.76 bits per heavy atom. The number of amides is 1. The van der Waals surface area contributed by atoms with Crippen molar-refractivity contribution < 1.29 is 28.5 Å². The molecule has 7 nitrogen and oxygen atoms in total. The summed E-state index contributed by atoms with van der Waals surface area (Å²) in [6.07, 6.45) is 0. The van der Waals surface area contributed by atoms with Crippen molar-refractivity contribution in [2.45, 2.75) is 39.8 Å². The van der Waals surface area contributed by atoms with Gasteiger partial charge in [0.1, 0.15) is 13.2 Å². The molecule has 1 aliphatic heterocycles. The molecule has 0 saturated heterocycles. The fourth-order valence-electron chi connectivity index (χ4n) is 2.85. The first-order valence-corrected chi connectivity index (χ1v) is 8.31. The number of fused-ring (bicyclic) bond motifs is 1. The summed E-state index contributed by atoms with van der Waals surface area (Å²) in [6.45, 7) is 8.19. The molecule has 1 amide bonds. The van der Waals surface area contributed by atoms with Gasteiger partial charge >= 0.3 is 5.97 Å². The smallest absolute Gasteiger partial charge is 0.338 e. The van der Waals surface area contributed by atoms with Gasteiger partial charge in [-0.2, -0.15) is 0 Å². The largest absolute Gasteiger partial charge is 0.493 e. The third kappa shape index (κ3) is 4.35. The summed E-state index contributed by atoms with van der Waals surface area (Å²) in [5.74, 6) is 0.433. The molecular formula is C18H25NO6. The summed E-state index contributed by atoms with van der Waals surface area (Å²) in [5.41, 5.74) is 0.245. The van der Waals surface area contributed by atoms with Crippen LogP contribution in [0.1, 0.15) is 38.1 Å². The molecule has 0 spiro atoms. The number of carbonyl (C=O) groups excluding carboxylic acids is 2. The molecule has 0 radical (unpaired) electrons. The molecule has 0 unspecified atom stereocenters. The minimum absolute atomic E-state index is 0.0283. The molecule has 0 saturated carbocycles. The number of carbonyl (C=O) groups is 2. The highest BCUT2D eigenvalue weighted by molar-refractivity contribution is 5.93. The van der Waals surface area contributed by atoms with Gasteiger partial charge in [-0.05, 0) is 39.8 Å². The van der Waals surface area contributed by atoms with Crippen molar-refractivity contribution >= 4 is 11.9 Å². The molecule has 0 fully saturated rings. The lowest BCUT2D eigenvalue weighted by Crippen LogP contribution is -2.44. The van der Waals surface area contributed by atoms with Gasteiger partial charge in [0.25, 0.3) is 5.91 Å². The fourth-order valence-corrected chi connectivity index (χ4v) is 2.85. The highest BCUT2D eigenvalue weighted by Gasteiger charge is 2.24. The Bertz CT molecular complexity index is 615. The van der Waals surface area contributed by atoms with Crippen LogP contribution in [0.2, 0.25) is 0 Å². The van der Waals surface area contributed by atoms with E-state index < -0.39 is 5.97 Å². The van der Waals surface area contributed by atoms with E-state index in [9.17, 15) is 9.59 Å². The number of nitrogens with zero attached hydrogens (tertiary/aromatic N) is 1. The zero-order chi connectivity index (χ0) is 18.6. The summed E-state index contributed by atoms with van der Waals surface area (Å²) in [4.78, 5) is 26.3. The van der Waals surface area contributed by atoms with Gasteiger partial charge in [-0.25, -0.2) is 4.79 Å². The van der Waals surface area contributed by atoms with Gasteiger partial charge in [0.15, 0.2) is 18.1 Å². The van der Waals surface area contributed by atoms with Gasteiger partial charge in [0, 0.05) is 12.1 Å². The van der Waals surface area contributed by atoms with Crippen LogP contribution in [0.25, 0.3) is 0 Å². The SMILES string of the molecule is COc1cc(C(=O)OCC(=O)N(C(C)C)C(C)C)cc2c1OCCO2. The Labute approximate surface area is 147 Å². The summed E-state index contributed by atoms with van der Waals surface area (Å²) in [7, 11) is 1.48. The van der Waals surface area contributed by atoms with Crippen molar-refractivity contribution in [3.8, 4) is 17.2 Å². The van der Waals surface area contributed by atoms with Crippen LogP contribution in [0.3, 0.4) is 0 Å².